The molecule has 0 aromatic rings. The van der Waals surface area contributed by atoms with Crippen molar-refractivity contribution in [2.75, 3.05) is 47.5 Å². The van der Waals surface area contributed by atoms with Gasteiger partial charge in [-0.2, -0.15) is 0 Å². The van der Waals surface area contributed by atoms with Gasteiger partial charge in [0.1, 0.15) is 19.8 Å². The summed E-state index contributed by atoms with van der Waals surface area (Å²) in [6.45, 7) is 3.86. The summed E-state index contributed by atoms with van der Waals surface area (Å²) in [7, 11) is 1.01. The first-order valence-electron chi connectivity index (χ1n) is 22.4. The fraction of sp³-hybridized carbons (Fsp3) is 0.822. The van der Waals surface area contributed by atoms with Crippen LogP contribution in [0.25, 0.3) is 0 Å². The molecule has 2 N–H and O–H groups in total. The number of quaternary nitrogens is 1. The van der Waals surface area contributed by atoms with E-state index in [1.165, 1.54) is 83.5 Å². The summed E-state index contributed by atoms with van der Waals surface area (Å²) in [5.41, 5.74) is 0. The van der Waals surface area contributed by atoms with Crippen LogP contribution in [0.2, 0.25) is 0 Å². The normalized spacial score (nSPS) is 15.0. The number of likely N-dealkylation sites (N-methyl/N-ethyl adjacent to an activating group) is 1. The van der Waals surface area contributed by atoms with E-state index in [1.807, 2.05) is 33.3 Å². The number of aliphatic hydroxyl groups is 2. The lowest BCUT2D eigenvalue weighted by Gasteiger charge is -2.28. The molecule has 0 radical (unpaired) electrons. The molecule has 3 unspecified atom stereocenters. The molecule has 0 aliphatic rings. The Kier molecular flexibility index (Phi) is 36.0. The van der Waals surface area contributed by atoms with E-state index < -0.39 is 44.7 Å². The average Bonchev–Trinajstić information content (AvgIpc) is 3.15. The Morgan fingerprint density at radius 2 is 1.14 bits per heavy atom. The molecule has 0 aromatic carbocycles. The van der Waals surface area contributed by atoms with Gasteiger partial charge in [-0.05, 0) is 51.4 Å². The minimum atomic E-state index is -4.69. The summed E-state index contributed by atoms with van der Waals surface area (Å²) < 4.78 is 33.7. The SMILES string of the molecule is CCCCC/C=C\C/C=C\C/C=C\CC(O)C(O)CCCC(=O)OC[C@H](COP(=O)([O-])OCC[N+](C)(C)C)OC(=O)CCCCCCCCCCCCCCCC. The van der Waals surface area contributed by atoms with Gasteiger partial charge in [0.2, 0.25) is 0 Å². The number of aliphatic hydroxyl groups excluding tert-OH is 2. The lowest BCUT2D eigenvalue weighted by Crippen LogP contribution is -2.37. The summed E-state index contributed by atoms with van der Waals surface area (Å²) >= 11 is 0. The van der Waals surface area contributed by atoms with Gasteiger partial charge < -0.3 is 38.1 Å². The van der Waals surface area contributed by atoms with Crippen LogP contribution in [0, 0.1) is 0 Å². The summed E-state index contributed by atoms with van der Waals surface area (Å²) in [6.07, 6.45) is 33.4. The standard InChI is InChI=1S/C45H84NO10P/c1-6-8-10-12-14-16-18-20-21-23-25-27-29-31-35-45(50)56-41(40-55-57(51,52)54-38-37-46(3,4)5)39-53-44(49)36-32-34-43(48)42(47)33-30-28-26-24-22-19-17-15-13-11-9-7-2/h15,17,22,24,28,30,41-43,47-48H,6-14,16,18-21,23,25-27,29,31-40H2,1-5H3/b17-15-,24-22-,30-28-/t41-,42?,43?/m1/s1. The topological polar surface area (TPSA) is 152 Å². The predicted octanol–water partition coefficient (Wildman–Crippen LogP) is 9.83. The van der Waals surface area contributed by atoms with Crippen LogP contribution in [-0.2, 0) is 32.7 Å². The van der Waals surface area contributed by atoms with Gasteiger partial charge in [0, 0.05) is 12.8 Å². The van der Waals surface area contributed by atoms with Crippen molar-refractivity contribution in [1.29, 1.82) is 0 Å². The molecular weight excluding hydrogens is 745 g/mol. The molecule has 4 atom stereocenters. The molecule has 0 bridgehead atoms. The largest absolute Gasteiger partial charge is 0.756 e. The highest BCUT2D eigenvalue weighted by Crippen LogP contribution is 2.38. The second kappa shape index (κ2) is 37.2. The summed E-state index contributed by atoms with van der Waals surface area (Å²) in [6, 6.07) is 0. The molecule has 334 valence electrons. The fourth-order valence-corrected chi connectivity index (χ4v) is 6.66. The lowest BCUT2D eigenvalue weighted by molar-refractivity contribution is -0.870. The maximum absolute atomic E-state index is 12.7. The number of ether oxygens (including phenoxy) is 2. The number of carbonyl (C=O) groups is 2. The van der Waals surface area contributed by atoms with Gasteiger partial charge in [-0.1, -0.05) is 147 Å². The van der Waals surface area contributed by atoms with Crippen LogP contribution in [0.5, 0.6) is 0 Å². The summed E-state index contributed by atoms with van der Waals surface area (Å²) in [5.74, 6) is -1.12. The van der Waals surface area contributed by atoms with E-state index in [2.05, 4.69) is 38.2 Å². The van der Waals surface area contributed by atoms with Crippen molar-refractivity contribution < 1.29 is 52.3 Å². The van der Waals surface area contributed by atoms with Gasteiger partial charge in [0.05, 0.1) is 40.0 Å². The first-order chi connectivity index (χ1) is 27.3. The Labute approximate surface area is 347 Å². The van der Waals surface area contributed by atoms with Crippen LogP contribution in [0.4, 0.5) is 0 Å². The number of nitrogens with zero attached hydrogens (tertiary/aromatic N) is 1. The zero-order valence-electron chi connectivity index (χ0n) is 36.8. The van der Waals surface area contributed by atoms with E-state index in [1.54, 1.807) is 0 Å². The molecular formula is C45H84NO10P. The Balaban J connectivity index is 4.58. The first-order valence-corrected chi connectivity index (χ1v) is 23.8. The van der Waals surface area contributed by atoms with E-state index in [4.69, 9.17) is 18.5 Å². The molecule has 0 fully saturated rings. The molecule has 11 nitrogen and oxygen atoms in total. The highest BCUT2D eigenvalue weighted by Gasteiger charge is 2.22. The minimum absolute atomic E-state index is 0.0355. The minimum Gasteiger partial charge on any atom is -0.756 e. The Hall–Kier alpha value is -1.85. The number of unbranched alkanes of at least 4 members (excludes halogenated alkanes) is 16. The van der Waals surface area contributed by atoms with E-state index >= 15 is 0 Å². The third kappa shape index (κ3) is 39.4. The Bertz CT molecular complexity index is 1110. The van der Waals surface area contributed by atoms with E-state index in [0.717, 1.165) is 38.5 Å². The molecule has 57 heavy (non-hydrogen) atoms. The van der Waals surface area contributed by atoms with Gasteiger partial charge in [-0.25, -0.2) is 0 Å². The van der Waals surface area contributed by atoms with Gasteiger partial charge in [-0.3, -0.25) is 14.2 Å². The van der Waals surface area contributed by atoms with Crippen LogP contribution in [0.1, 0.15) is 174 Å². The lowest BCUT2D eigenvalue weighted by atomic mass is 10.0. The van der Waals surface area contributed by atoms with E-state index in [-0.39, 0.29) is 38.9 Å². The van der Waals surface area contributed by atoms with Crippen molar-refractivity contribution in [1.82, 2.24) is 0 Å². The Morgan fingerprint density at radius 3 is 1.72 bits per heavy atom. The number of hydrogen-bond donors (Lipinski definition) is 2. The van der Waals surface area contributed by atoms with Crippen molar-refractivity contribution in [2.45, 2.75) is 193 Å². The number of phosphoric acid groups is 1. The van der Waals surface area contributed by atoms with Crippen LogP contribution in [-0.4, -0.2) is 92.5 Å². The fourth-order valence-electron chi connectivity index (χ4n) is 5.93. The summed E-state index contributed by atoms with van der Waals surface area (Å²) in [4.78, 5) is 37.6. The van der Waals surface area contributed by atoms with Gasteiger partial charge in [-0.15, -0.1) is 0 Å². The maximum atomic E-state index is 12.7. The molecule has 0 amide bonds. The quantitative estimate of drug-likeness (QED) is 0.0201. The first kappa shape index (κ1) is 55.2. The highest BCUT2D eigenvalue weighted by atomic mass is 31.2. The Morgan fingerprint density at radius 1 is 0.632 bits per heavy atom. The smallest absolute Gasteiger partial charge is 0.306 e. The van der Waals surface area contributed by atoms with Crippen molar-refractivity contribution >= 4 is 19.8 Å². The monoisotopic (exact) mass is 830 g/mol. The number of esters is 2. The molecule has 0 aliphatic carbocycles. The van der Waals surface area contributed by atoms with Crippen molar-refractivity contribution in [2.24, 2.45) is 0 Å². The number of phosphoric ester groups is 1. The molecule has 0 saturated carbocycles. The summed E-state index contributed by atoms with van der Waals surface area (Å²) in [5, 5.41) is 20.7. The van der Waals surface area contributed by atoms with Gasteiger partial charge in [0.15, 0.2) is 6.10 Å². The third-order valence-electron chi connectivity index (χ3n) is 9.61. The van der Waals surface area contributed by atoms with Crippen molar-refractivity contribution in [3.8, 4) is 0 Å². The van der Waals surface area contributed by atoms with Crippen LogP contribution < -0.4 is 4.89 Å². The molecule has 12 heteroatoms. The zero-order chi connectivity index (χ0) is 42.5. The van der Waals surface area contributed by atoms with E-state index in [9.17, 15) is 29.3 Å². The molecule has 0 aromatic heterocycles. The molecule has 0 saturated heterocycles. The molecule has 0 aliphatic heterocycles. The average molecular weight is 830 g/mol. The van der Waals surface area contributed by atoms with Crippen LogP contribution in [0.3, 0.4) is 0 Å². The van der Waals surface area contributed by atoms with Crippen LogP contribution in [0.15, 0.2) is 36.5 Å². The number of allylic oxidation sites excluding steroid dienone is 5. The molecule has 0 spiro atoms. The highest BCUT2D eigenvalue weighted by molar-refractivity contribution is 7.45. The maximum Gasteiger partial charge on any atom is 0.306 e. The number of rotatable bonds is 40. The van der Waals surface area contributed by atoms with Crippen molar-refractivity contribution in [3.63, 3.8) is 0 Å². The van der Waals surface area contributed by atoms with E-state index in [0.29, 0.717) is 23.9 Å². The molecule has 0 heterocycles. The number of carbonyl (C=O) groups excluding carboxylic acids is 2. The second-order valence-corrected chi connectivity index (χ2v) is 17.8. The number of hydrogen-bond acceptors (Lipinski definition) is 10. The van der Waals surface area contributed by atoms with Gasteiger partial charge in [0.25, 0.3) is 7.82 Å². The van der Waals surface area contributed by atoms with Crippen LogP contribution >= 0.6 is 7.82 Å². The van der Waals surface area contributed by atoms with Crippen molar-refractivity contribution in [3.05, 3.63) is 36.5 Å². The second-order valence-electron chi connectivity index (χ2n) is 16.4. The molecule has 0 rings (SSSR count). The third-order valence-corrected chi connectivity index (χ3v) is 10.6. The predicted molar refractivity (Wildman–Crippen MR) is 229 cm³/mol. The zero-order valence-corrected chi connectivity index (χ0v) is 37.7. The van der Waals surface area contributed by atoms with Gasteiger partial charge >= 0.3 is 11.9 Å².